The molecule has 8 nitrogen and oxygen atoms in total. The molecule has 1 aliphatic heterocycles. The lowest BCUT2D eigenvalue weighted by molar-refractivity contribution is -0.355. The zero-order valence-corrected chi connectivity index (χ0v) is 19.8. The van der Waals surface area contributed by atoms with Crippen molar-refractivity contribution in [2.24, 2.45) is 28.6 Å². The molecule has 1 spiro atoms. The lowest BCUT2D eigenvalue weighted by Gasteiger charge is -2.72. The maximum absolute atomic E-state index is 12.8. The fourth-order valence-corrected chi connectivity index (χ4v) is 10.7. The number of piperidine rings is 1. The minimum atomic E-state index is -1.75. The molecule has 13 atom stereocenters. The van der Waals surface area contributed by atoms with E-state index in [0.717, 1.165) is 19.4 Å². The van der Waals surface area contributed by atoms with Crippen LogP contribution < -0.4 is 0 Å². The van der Waals surface area contributed by atoms with Crippen LogP contribution in [0.3, 0.4) is 0 Å². The van der Waals surface area contributed by atoms with Gasteiger partial charge in [0, 0.05) is 52.0 Å². The second kappa shape index (κ2) is 6.26. The number of rotatable bonds is 4. The molecular weight excluding hydrogens is 414 g/mol. The highest BCUT2D eigenvalue weighted by Gasteiger charge is 2.95. The molecule has 5 saturated carbocycles. The molecule has 5 aliphatic carbocycles. The number of aliphatic hydroxyl groups excluding tert-OH is 1. The Kier molecular flexibility index (Phi) is 4.34. The van der Waals surface area contributed by atoms with Gasteiger partial charge in [-0.1, -0.05) is 13.8 Å². The van der Waals surface area contributed by atoms with Gasteiger partial charge in [-0.25, -0.2) is 0 Å². The Morgan fingerprint density at radius 2 is 1.69 bits per heavy atom. The van der Waals surface area contributed by atoms with Crippen LogP contribution in [0.2, 0.25) is 0 Å². The molecule has 0 aromatic carbocycles. The summed E-state index contributed by atoms with van der Waals surface area (Å²) in [4.78, 5) is 2.26. The average molecular weight is 454 g/mol. The van der Waals surface area contributed by atoms with Gasteiger partial charge in [0.2, 0.25) is 0 Å². The summed E-state index contributed by atoms with van der Waals surface area (Å²) < 4.78 is 18.0. The van der Waals surface area contributed by atoms with E-state index in [-0.39, 0.29) is 29.8 Å². The number of ether oxygens (including phenoxy) is 3. The molecule has 0 aromatic heterocycles. The van der Waals surface area contributed by atoms with Crippen LogP contribution in [0.5, 0.6) is 0 Å². The molecule has 32 heavy (non-hydrogen) atoms. The highest BCUT2D eigenvalue weighted by molar-refractivity contribution is 5.45. The fourth-order valence-electron chi connectivity index (χ4n) is 10.7. The van der Waals surface area contributed by atoms with Gasteiger partial charge >= 0.3 is 0 Å². The predicted octanol–water partition coefficient (Wildman–Crippen LogP) is -0.241. The number of hydrogen-bond acceptors (Lipinski definition) is 8. The summed E-state index contributed by atoms with van der Waals surface area (Å²) in [7, 11) is 4.87. The first kappa shape index (κ1) is 22.2. The van der Waals surface area contributed by atoms with E-state index >= 15 is 0 Å². The van der Waals surface area contributed by atoms with Crippen LogP contribution in [-0.4, -0.2) is 107 Å². The van der Waals surface area contributed by atoms with Crippen molar-refractivity contribution in [1.29, 1.82) is 0 Å². The van der Waals surface area contributed by atoms with Gasteiger partial charge in [-0.15, -0.1) is 0 Å². The first-order valence-corrected chi connectivity index (χ1v) is 12.2. The van der Waals surface area contributed by atoms with Crippen molar-refractivity contribution in [3.8, 4) is 0 Å². The molecule has 0 aromatic rings. The summed E-state index contributed by atoms with van der Waals surface area (Å²) >= 11 is 0. The van der Waals surface area contributed by atoms with Gasteiger partial charge in [-0.3, -0.25) is 4.90 Å². The second-order valence-corrected chi connectivity index (χ2v) is 11.9. The Bertz CT molecular complexity index is 828. The van der Waals surface area contributed by atoms with Crippen LogP contribution in [0.1, 0.15) is 39.5 Å². The van der Waals surface area contributed by atoms with Crippen LogP contribution in [0.15, 0.2) is 0 Å². The van der Waals surface area contributed by atoms with Crippen molar-refractivity contribution in [3.05, 3.63) is 0 Å². The van der Waals surface area contributed by atoms with Gasteiger partial charge in [0.05, 0.1) is 41.5 Å². The fraction of sp³-hybridized carbons (Fsp3) is 1.00. The summed E-state index contributed by atoms with van der Waals surface area (Å²) in [5.41, 5.74) is -5.93. The zero-order chi connectivity index (χ0) is 23.1. The minimum absolute atomic E-state index is 0.166. The summed E-state index contributed by atoms with van der Waals surface area (Å²) in [5, 5.41) is 49.6. The van der Waals surface area contributed by atoms with Gasteiger partial charge < -0.3 is 34.6 Å². The number of likely N-dealkylation sites (tertiary alicyclic amines) is 1. The van der Waals surface area contributed by atoms with E-state index in [4.69, 9.17) is 14.2 Å². The number of fused-ring (bicyclic) bond motifs is 2. The molecule has 8 heteroatoms. The number of aliphatic hydroxyl groups is 4. The Labute approximate surface area is 189 Å². The third-order valence-electron chi connectivity index (χ3n) is 11.3. The van der Waals surface area contributed by atoms with Crippen LogP contribution in [0.4, 0.5) is 0 Å². The second-order valence-electron chi connectivity index (χ2n) is 11.9. The van der Waals surface area contributed by atoms with E-state index in [2.05, 4.69) is 18.7 Å². The first-order valence-electron chi connectivity index (χ1n) is 12.2. The predicted molar refractivity (Wildman–Crippen MR) is 114 cm³/mol. The molecule has 13 unspecified atom stereocenters. The maximum Gasteiger partial charge on any atom is 0.136 e. The van der Waals surface area contributed by atoms with Gasteiger partial charge in [0.1, 0.15) is 11.2 Å². The highest BCUT2D eigenvalue weighted by atomic mass is 16.5. The van der Waals surface area contributed by atoms with Crippen molar-refractivity contribution in [3.63, 3.8) is 0 Å². The zero-order valence-electron chi connectivity index (χ0n) is 19.8. The van der Waals surface area contributed by atoms with E-state index in [1.165, 1.54) is 0 Å². The topological polar surface area (TPSA) is 112 Å². The van der Waals surface area contributed by atoms with Gasteiger partial charge in [0.15, 0.2) is 0 Å². The summed E-state index contributed by atoms with van der Waals surface area (Å²) in [6.07, 6.45) is -0.268. The monoisotopic (exact) mass is 453 g/mol. The summed E-state index contributed by atoms with van der Waals surface area (Å²) in [6.45, 7) is 5.77. The minimum Gasteiger partial charge on any atom is -0.392 e. The Balaban J connectivity index is 1.73. The highest BCUT2D eigenvalue weighted by Crippen LogP contribution is 2.81. The third kappa shape index (κ3) is 1.86. The van der Waals surface area contributed by atoms with E-state index in [1.807, 2.05) is 0 Å². The quantitative estimate of drug-likeness (QED) is 0.462. The molecule has 182 valence electrons. The summed E-state index contributed by atoms with van der Waals surface area (Å²) in [5.74, 6) is -1.38. The van der Waals surface area contributed by atoms with Crippen LogP contribution in [-0.2, 0) is 14.2 Å². The van der Waals surface area contributed by atoms with Gasteiger partial charge in [-0.05, 0) is 31.2 Å². The van der Waals surface area contributed by atoms with Crippen LogP contribution in [0, 0.1) is 28.6 Å². The largest absolute Gasteiger partial charge is 0.392 e. The molecule has 6 aliphatic rings. The molecule has 0 radical (unpaired) electrons. The molecule has 1 heterocycles. The molecule has 7 bridgehead atoms. The van der Waals surface area contributed by atoms with Crippen molar-refractivity contribution in [2.75, 3.05) is 34.4 Å². The Morgan fingerprint density at radius 3 is 2.28 bits per heavy atom. The number of likely N-dealkylation sites (N-methyl/N-ethyl adjacent to an activating group) is 1. The average Bonchev–Trinajstić information content (AvgIpc) is 3.09. The molecule has 0 amide bonds. The van der Waals surface area contributed by atoms with Crippen molar-refractivity contribution >= 4 is 0 Å². The normalized spacial score (nSPS) is 64.8. The van der Waals surface area contributed by atoms with E-state index in [9.17, 15) is 20.4 Å². The van der Waals surface area contributed by atoms with E-state index in [0.29, 0.717) is 13.0 Å². The third-order valence-corrected chi connectivity index (χ3v) is 11.3. The molecular formula is C24H39NO7. The maximum atomic E-state index is 12.8. The summed E-state index contributed by atoms with van der Waals surface area (Å²) in [6, 6.07) is -0.541. The lowest BCUT2D eigenvalue weighted by Crippen LogP contribution is -2.86. The van der Waals surface area contributed by atoms with E-state index < -0.39 is 52.5 Å². The standard InChI is InChI=1S/C24H39NO7/c1-6-25-11-20(2)8-7-14(31-4)23-17(20)18(32-5)24(29,19(23)25)22(28)10-13(30-3)12-9-21(23,27)16(22)15(12)26/h12-19,26-29H,6-11H2,1-5H3. The molecule has 1 saturated heterocycles. The van der Waals surface area contributed by atoms with Crippen LogP contribution >= 0.6 is 0 Å². The SMILES string of the molecule is CCN1CC2(C)CCC(OC)C34C2C(OC)C(O)(C13)C1(O)CC(OC)C2CC4(O)C1C2O. The van der Waals surface area contributed by atoms with Crippen molar-refractivity contribution < 1.29 is 34.6 Å². The number of methoxy groups -OCH3 is 3. The van der Waals surface area contributed by atoms with Crippen LogP contribution in [0.25, 0.3) is 0 Å². The number of nitrogens with zero attached hydrogens (tertiary/aromatic N) is 1. The molecule has 4 N–H and O–H groups in total. The molecule has 6 fully saturated rings. The van der Waals surface area contributed by atoms with Gasteiger partial charge in [-0.2, -0.15) is 0 Å². The van der Waals surface area contributed by atoms with E-state index in [1.54, 1.807) is 21.3 Å². The van der Waals surface area contributed by atoms with Crippen molar-refractivity contribution in [2.45, 2.75) is 86.8 Å². The Hall–Kier alpha value is -0.320. The van der Waals surface area contributed by atoms with Gasteiger partial charge in [0.25, 0.3) is 0 Å². The lowest BCUT2D eigenvalue weighted by atomic mass is 9.41. The first-order chi connectivity index (χ1) is 15.1. The smallest absolute Gasteiger partial charge is 0.136 e. The Morgan fingerprint density at radius 1 is 0.969 bits per heavy atom. The molecule has 6 rings (SSSR count). The van der Waals surface area contributed by atoms with Crippen molar-refractivity contribution in [1.82, 2.24) is 4.90 Å². The number of hydrogen-bond donors (Lipinski definition) is 4.